The average Bonchev–Trinajstić information content (AvgIpc) is 2.82. The molecule has 0 radical (unpaired) electrons. The van der Waals surface area contributed by atoms with Gasteiger partial charge in [0.25, 0.3) is 0 Å². The van der Waals surface area contributed by atoms with Crippen LogP contribution in [0.3, 0.4) is 0 Å². The predicted molar refractivity (Wildman–Crippen MR) is 138 cm³/mol. The number of amidine groups is 2. The van der Waals surface area contributed by atoms with E-state index >= 15 is 0 Å². The molecule has 2 aromatic rings. The zero-order valence-electron chi connectivity index (χ0n) is 19.4. The first-order valence-corrected chi connectivity index (χ1v) is 11.0. The van der Waals surface area contributed by atoms with Crippen LogP contribution in [0.5, 0.6) is 0 Å². The number of nitrogens with two attached hydrogens (primary N) is 2. The molecule has 2 rings (SSSR count). The Balaban J connectivity index is 1.96. The van der Waals surface area contributed by atoms with Crippen LogP contribution in [0.1, 0.15) is 38.8 Å². The smallest absolute Gasteiger partial charge is 0.190 e. The van der Waals surface area contributed by atoms with Gasteiger partial charge in [0.1, 0.15) is 0 Å². The number of nitrogens with zero attached hydrogens (tertiary/aromatic N) is 6. The molecule has 0 aromatic heterocycles. The van der Waals surface area contributed by atoms with E-state index in [1.165, 1.54) is 11.4 Å². The molecule has 8 nitrogen and oxygen atoms in total. The van der Waals surface area contributed by atoms with Gasteiger partial charge in [-0.25, -0.2) is 0 Å². The first kappa shape index (κ1) is 24.6. The maximum absolute atomic E-state index is 5.84. The summed E-state index contributed by atoms with van der Waals surface area (Å²) in [6.07, 6.45) is 3.24. The van der Waals surface area contributed by atoms with E-state index in [9.17, 15) is 0 Å². The molecule has 0 bridgehead atoms. The number of anilines is 2. The van der Waals surface area contributed by atoms with Crippen LogP contribution in [0.4, 0.5) is 11.4 Å². The zero-order valence-corrected chi connectivity index (χ0v) is 19.4. The van der Waals surface area contributed by atoms with Crippen molar-refractivity contribution in [2.24, 2.45) is 31.9 Å². The van der Waals surface area contributed by atoms with Crippen molar-refractivity contribution < 1.29 is 0 Å². The lowest BCUT2D eigenvalue weighted by atomic mass is 10.2. The van der Waals surface area contributed by atoms with E-state index in [-0.39, 0.29) is 11.7 Å². The lowest BCUT2D eigenvalue weighted by molar-refractivity contribution is 0.866. The molecule has 0 heterocycles. The summed E-state index contributed by atoms with van der Waals surface area (Å²) in [7, 11) is 0. The van der Waals surface area contributed by atoms with Crippen molar-refractivity contribution in [3.8, 4) is 0 Å². The van der Waals surface area contributed by atoms with Gasteiger partial charge >= 0.3 is 0 Å². The van der Waals surface area contributed by atoms with E-state index < -0.39 is 0 Å². The van der Waals surface area contributed by atoms with Gasteiger partial charge in [0.05, 0.1) is 12.4 Å². The van der Waals surface area contributed by atoms with Gasteiger partial charge in [0.15, 0.2) is 11.7 Å². The minimum absolute atomic E-state index is 0.00930. The van der Waals surface area contributed by atoms with E-state index in [1.54, 1.807) is 12.4 Å². The molecule has 0 aliphatic carbocycles. The normalized spacial score (nSPS) is 12.6. The summed E-state index contributed by atoms with van der Waals surface area (Å²) in [5.74, 6) is 0.0186. The number of hydrogen-bond acceptors (Lipinski definition) is 6. The van der Waals surface area contributed by atoms with Crippen LogP contribution < -0.4 is 21.3 Å². The molecule has 0 unspecified atom stereocenters. The van der Waals surface area contributed by atoms with E-state index in [1.807, 2.05) is 24.3 Å². The second-order valence-electron chi connectivity index (χ2n) is 6.99. The Kier molecular flexibility index (Phi) is 9.90. The third-order valence-corrected chi connectivity index (χ3v) is 5.05. The third kappa shape index (κ3) is 7.23. The molecule has 0 amide bonds. The molecule has 32 heavy (non-hydrogen) atoms. The Bertz CT molecular complexity index is 855. The summed E-state index contributed by atoms with van der Waals surface area (Å²) in [5, 5.41) is 15.8. The van der Waals surface area contributed by atoms with E-state index in [4.69, 9.17) is 11.5 Å². The van der Waals surface area contributed by atoms with Gasteiger partial charge in [-0.3, -0.25) is 0 Å². The fourth-order valence-electron chi connectivity index (χ4n) is 3.14. The molecule has 0 aliphatic heterocycles. The van der Waals surface area contributed by atoms with Crippen molar-refractivity contribution in [2.75, 3.05) is 36.0 Å². The summed E-state index contributed by atoms with van der Waals surface area (Å²) < 4.78 is 0. The summed E-state index contributed by atoms with van der Waals surface area (Å²) in [6, 6.07) is 16.2. The highest BCUT2D eigenvalue weighted by Gasteiger charge is 2.02. The summed E-state index contributed by atoms with van der Waals surface area (Å²) in [6.45, 7) is 12.4. The van der Waals surface area contributed by atoms with Crippen LogP contribution >= 0.6 is 0 Å². The predicted octanol–water partition coefficient (Wildman–Crippen LogP) is 3.46. The quantitative estimate of drug-likeness (QED) is 0.339. The lowest BCUT2D eigenvalue weighted by Crippen LogP contribution is -2.30. The van der Waals surface area contributed by atoms with Crippen LogP contribution in [0.2, 0.25) is 0 Å². The Hall–Kier alpha value is -3.68. The molecule has 4 N–H and O–H groups in total. The van der Waals surface area contributed by atoms with Crippen molar-refractivity contribution >= 4 is 35.5 Å². The van der Waals surface area contributed by atoms with E-state index in [0.29, 0.717) is 0 Å². The van der Waals surface area contributed by atoms with Crippen LogP contribution in [0.25, 0.3) is 0 Å². The second-order valence-corrected chi connectivity index (χ2v) is 6.99. The Morgan fingerprint density at radius 2 is 0.938 bits per heavy atom. The fraction of sp³-hybridized carbons (Fsp3) is 0.333. The van der Waals surface area contributed by atoms with Crippen LogP contribution in [0, 0.1) is 0 Å². The molecule has 2 aromatic carbocycles. The maximum atomic E-state index is 5.84. The largest absolute Gasteiger partial charge is 0.379 e. The second kappa shape index (κ2) is 12.9. The Labute approximate surface area is 191 Å². The molecular formula is C24H34N8. The Morgan fingerprint density at radius 3 is 1.22 bits per heavy atom. The van der Waals surface area contributed by atoms with Crippen molar-refractivity contribution in [3.63, 3.8) is 0 Å². The standard InChI is InChI=1S/C24H34N8/c1-5-31(6-2)21-13-9-19(10-14-21)17-27-29-23(25)24(26)30-28-18-20-11-15-22(16-12-20)32(7-3)8-4/h9-18H,5-8H2,1-4H3,(H2,25,29)(H2,26,30)/b27-17+,28-18+. The highest BCUT2D eigenvalue weighted by atomic mass is 15.3. The van der Waals surface area contributed by atoms with Gasteiger partial charge in [-0.1, -0.05) is 24.3 Å². The van der Waals surface area contributed by atoms with Gasteiger partial charge in [-0.2, -0.15) is 10.2 Å². The van der Waals surface area contributed by atoms with Gasteiger partial charge in [0.2, 0.25) is 0 Å². The topological polar surface area (TPSA) is 108 Å². The molecule has 0 saturated carbocycles. The van der Waals surface area contributed by atoms with Crippen molar-refractivity contribution in [3.05, 3.63) is 59.7 Å². The molecule has 8 heteroatoms. The van der Waals surface area contributed by atoms with Crippen LogP contribution in [-0.4, -0.2) is 50.3 Å². The summed E-state index contributed by atoms with van der Waals surface area (Å²) >= 11 is 0. The minimum atomic E-state index is 0.00930. The van der Waals surface area contributed by atoms with Crippen molar-refractivity contribution in [1.29, 1.82) is 0 Å². The molecule has 0 saturated heterocycles. The summed E-state index contributed by atoms with van der Waals surface area (Å²) in [4.78, 5) is 4.54. The minimum Gasteiger partial charge on any atom is -0.379 e. The van der Waals surface area contributed by atoms with Gasteiger partial charge in [0, 0.05) is 37.6 Å². The van der Waals surface area contributed by atoms with E-state index in [2.05, 4.69) is 82.2 Å². The molecule has 0 fully saturated rings. The SMILES string of the molecule is CCN(CC)c1ccc(/C=N/N=C(N)/C(N)=N/N=C/c2ccc(N(CC)CC)cc2)cc1. The van der Waals surface area contributed by atoms with Gasteiger partial charge in [-0.15, -0.1) is 10.2 Å². The molecule has 170 valence electrons. The molecule has 0 aliphatic rings. The Morgan fingerprint density at radius 1 is 0.625 bits per heavy atom. The highest BCUT2D eigenvalue weighted by Crippen LogP contribution is 2.15. The zero-order chi connectivity index (χ0) is 23.3. The number of rotatable bonds is 10. The first-order chi connectivity index (χ1) is 15.5. The lowest BCUT2D eigenvalue weighted by Gasteiger charge is -2.20. The van der Waals surface area contributed by atoms with Crippen LogP contribution in [0.15, 0.2) is 68.9 Å². The molecule has 0 spiro atoms. The number of hydrogen-bond donors (Lipinski definition) is 2. The number of benzene rings is 2. The van der Waals surface area contributed by atoms with Crippen LogP contribution in [-0.2, 0) is 0 Å². The monoisotopic (exact) mass is 434 g/mol. The highest BCUT2D eigenvalue weighted by molar-refractivity contribution is 6.39. The molecular weight excluding hydrogens is 400 g/mol. The first-order valence-electron chi connectivity index (χ1n) is 11.0. The van der Waals surface area contributed by atoms with Gasteiger partial charge < -0.3 is 21.3 Å². The molecule has 0 atom stereocenters. The van der Waals surface area contributed by atoms with E-state index in [0.717, 1.165) is 37.3 Å². The average molecular weight is 435 g/mol. The summed E-state index contributed by atoms with van der Waals surface area (Å²) in [5.41, 5.74) is 15.9. The van der Waals surface area contributed by atoms with Gasteiger partial charge in [-0.05, 0) is 63.1 Å². The van der Waals surface area contributed by atoms with Crippen molar-refractivity contribution in [2.45, 2.75) is 27.7 Å². The van der Waals surface area contributed by atoms with Crippen molar-refractivity contribution in [1.82, 2.24) is 0 Å². The third-order valence-electron chi connectivity index (χ3n) is 5.05. The maximum Gasteiger partial charge on any atom is 0.190 e. The fourth-order valence-corrected chi connectivity index (χ4v) is 3.14.